The molecule has 0 aromatic carbocycles. The molecule has 2 rings (SSSR count). The number of aromatic nitrogens is 7. The molecule has 9 nitrogen and oxygen atoms in total. The van der Waals surface area contributed by atoms with Gasteiger partial charge in [-0.15, -0.1) is 10.2 Å². The van der Waals surface area contributed by atoms with Crippen molar-refractivity contribution in [2.45, 2.75) is 13.1 Å². The molecule has 0 unspecified atom stereocenters. The van der Waals surface area contributed by atoms with Crippen LogP contribution in [0.25, 0.3) is 0 Å². The second-order valence-electron chi connectivity index (χ2n) is 2.70. The van der Waals surface area contributed by atoms with Gasteiger partial charge in [-0.1, -0.05) is 5.21 Å². The van der Waals surface area contributed by atoms with Crippen LogP contribution in [0.1, 0.15) is 5.82 Å². The zero-order valence-electron chi connectivity index (χ0n) is 7.66. The molecule has 2 aromatic rings. The molecule has 0 fully saturated rings. The lowest BCUT2D eigenvalue weighted by Gasteiger charge is -2.01. The molecule has 78 valence electrons. The Kier molecular flexibility index (Phi) is 2.63. The molecule has 0 saturated heterocycles. The van der Waals surface area contributed by atoms with Crippen LogP contribution in [-0.4, -0.2) is 41.3 Å². The summed E-state index contributed by atoms with van der Waals surface area (Å²) in [5.74, 6) is 0.243. The average molecular weight is 208 g/mol. The summed E-state index contributed by atoms with van der Waals surface area (Å²) in [6.45, 7) is 0.363. The number of H-pyrrole nitrogens is 1. The van der Waals surface area contributed by atoms with Gasteiger partial charge in [0.05, 0.1) is 6.54 Å². The highest BCUT2D eigenvalue weighted by atomic mass is 16.2. The first-order valence-electron chi connectivity index (χ1n) is 4.16. The normalized spacial score (nSPS) is 10.1. The summed E-state index contributed by atoms with van der Waals surface area (Å²) >= 11 is 0. The van der Waals surface area contributed by atoms with Crippen molar-refractivity contribution in [2.75, 3.05) is 0 Å². The third-order valence-corrected chi connectivity index (χ3v) is 1.61. The van der Waals surface area contributed by atoms with Crippen LogP contribution in [0.2, 0.25) is 0 Å². The molecule has 2 N–H and O–H groups in total. The number of nitrogens with zero attached hydrogens (tertiary/aromatic N) is 6. The Hall–Kier alpha value is -2.32. The number of hydrogen-bond acceptors (Lipinski definition) is 6. The lowest BCUT2D eigenvalue weighted by molar-refractivity contribution is -0.122. The molecule has 0 radical (unpaired) electrons. The van der Waals surface area contributed by atoms with Crippen molar-refractivity contribution in [3.8, 4) is 0 Å². The number of hydrogen-bond donors (Lipinski definition) is 2. The Morgan fingerprint density at radius 2 is 2.53 bits per heavy atom. The predicted molar refractivity (Wildman–Crippen MR) is 46.0 cm³/mol. The number of tetrazole rings is 1. The number of amides is 1. The molecule has 0 aliphatic heterocycles. The van der Waals surface area contributed by atoms with Crippen molar-refractivity contribution in [1.29, 1.82) is 0 Å². The third kappa shape index (κ3) is 2.56. The van der Waals surface area contributed by atoms with E-state index in [4.69, 9.17) is 0 Å². The van der Waals surface area contributed by atoms with E-state index in [1.807, 2.05) is 0 Å². The van der Waals surface area contributed by atoms with E-state index in [9.17, 15) is 4.79 Å². The number of aromatic amines is 1. The molecule has 15 heavy (non-hydrogen) atoms. The molecule has 0 atom stereocenters. The van der Waals surface area contributed by atoms with Gasteiger partial charge in [-0.2, -0.15) is 10.3 Å². The fourth-order valence-electron chi connectivity index (χ4n) is 0.952. The van der Waals surface area contributed by atoms with Gasteiger partial charge in [0.1, 0.15) is 19.2 Å². The highest BCUT2D eigenvalue weighted by Gasteiger charge is 2.04. The Morgan fingerprint density at radius 3 is 3.20 bits per heavy atom. The minimum absolute atomic E-state index is 0.123. The van der Waals surface area contributed by atoms with Crippen LogP contribution in [0.15, 0.2) is 12.7 Å². The summed E-state index contributed by atoms with van der Waals surface area (Å²) < 4.78 is 1.42. The van der Waals surface area contributed by atoms with Crippen LogP contribution in [0.4, 0.5) is 0 Å². The van der Waals surface area contributed by atoms with Crippen molar-refractivity contribution in [3.63, 3.8) is 0 Å². The first-order chi connectivity index (χ1) is 7.34. The van der Waals surface area contributed by atoms with Crippen LogP contribution in [0, 0.1) is 0 Å². The van der Waals surface area contributed by atoms with Gasteiger partial charge in [0, 0.05) is 0 Å². The lowest BCUT2D eigenvalue weighted by atomic mass is 10.5. The number of carbonyl (C=O) groups excluding carboxylic acids is 1. The van der Waals surface area contributed by atoms with Crippen molar-refractivity contribution in [2.24, 2.45) is 0 Å². The number of carbonyl (C=O) groups is 1. The Morgan fingerprint density at radius 1 is 1.60 bits per heavy atom. The maximum Gasteiger partial charge on any atom is 0.242 e. The molecule has 0 bridgehead atoms. The maximum absolute atomic E-state index is 11.3. The summed E-state index contributed by atoms with van der Waals surface area (Å²) in [5.41, 5.74) is 0. The molecular weight excluding hydrogens is 200 g/mol. The standard InChI is InChI=1S/C6H8N8O/c15-6(2-14-4-7-3-9-14)8-1-5-10-12-13-11-5/h3-4H,1-2H2,(H,8,15)(H,10,11,12,13). The fourth-order valence-corrected chi connectivity index (χ4v) is 0.952. The minimum Gasteiger partial charge on any atom is -0.347 e. The van der Waals surface area contributed by atoms with Gasteiger partial charge < -0.3 is 5.32 Å². The van der Waals surface area contributed by atoms with E-state index >= 15 is 0 Å². The summed E-state index contributed by atoms with van der Waals surface area (Å²) in [6.07, 6.45) is 2.83. The summed E-state index contributed by atoms with van der Waals surface area (Å²) in [6, 6.07) is 0. The third-order valence-electron chi connectivity index (χ3n) is 1.61. The van der Waals surface area contributed by atoms with Gasteiger partial charge >= 0.3 is 0 Å². The van der Waals surface area contributed by atoms with Gasteiger partial charge in [0.15, 0.2) is 5.82 Å². The monoisotopic (exact) mass is 208 g/mol. The fraction of sp³-hybridized carbons (Fsp3) is 0.333. The van der Waals surface area contributed by atoms with Crippen molar-refractivity contribution < 1.29 is 4.79 Å². The molecular formula is C6H8N8O. The maximum atomic E-state index is 11.3. The van der Waals surface area contributed by atoms with E-state index in [1.165, 1.54) is 17.3 Å². The predicted octanol–water partition coefficient (Wildman–Crippen LogP) is -1.89. The quantitative estimate of drug-likeness (QED) is 0.607. The van der Waals surface area contributed by atoms with Gasteiger partial charge in [0.2, 0.25) is 5.91 Å². The van der Waals surface area contributed by atoms with Crippen molar-refractivity contribution in [1.82, 2.24) is 40.7 Å². The Bertz CT molecular complexity index is 406. The smallest absolute Gasteiger partial charge is 0.242 e. The highest BCUT2D eigenvalue weighted by Crippen LogP contribution is 1.84. The molecule has 1 amide bonds. The second kappa shape index (κ2) is 4.26. The molecule has 0 saturated carbocycles. The summed E-state index contributed by atoms with van der Waals surface area (Å²) in [4.78, 5) is 15.0. The van der Waals surface area contributed by atoms with Crippen LogP contribution < -0.4 is 5.32 Å². The average Bonchev–Trinajstić information content (AvgIpc) is 2.86. The van der Waals surface area contributed by atoms with E-state index in [0.29, 0.717) is 5.82 Å². The van der Waals surface area contributed by atoms with E-state index in [0.717, 1.165) is 0 Å². The largest absolute Gasteiger partial charge is 0.347 e. The van der Waals surface area contributed by atoms with Crippen molar-refractivity contribution in [3.05, 3.63) is 18.5 Å². The van der Waals surface area contributed by atoms with Gasteiger partial charge in [-0.3, -0.25) is 4.79 Å². The van der Waals surface area contributed by atoms with Crippen LogP contribution in [0.5, 0.6) is 0 Å². The van der Waals surface area contributed by atoms with Crippen LogP contribution in [0.3, 0.4) is 0 Å². The van der Waals surface area contributed by atoms with Crippen molar-refractivity contribution >= 4 is 5.91 Å². The number of rotatable bonds is 4. The zero-order valence-corrected chi connectivity index (χ0v) is 7.66. The number of nitrogens with one attached hydrogen (secondary N) is 2. The van der Waals surface area contributed by atoms with Crippen LogP contribution >= 0.6 is 0 Å². The summed E-state index contributed by atoms with van der Waals surface area (Å²) in [7, 11) is 0. The highest BCUT2D eigenvalue weighted by molar-refractivity contribution is 5.75. The molecule has 2 heterocycles. The van der Waals surface area contributed by atoms with Gasteiger partial charge in [0.25, 0.3) is 0 Å². The molecule has 0 aliphatic carbocycles. The summed E-state index contributed by atoms with van der Waals surface area (Å²) in [5, 5.41) is 19.4. The van der Waals surface area contributed by atoms with E-state index in [2.05, 4.69) is 36.0 Å². The van der Waals surface area contributed by atoms with E-state index in [-0.39, 0.29) is 19.0 Å². The second-order valence-corrected chi connectivity index (χ2v) is 2.70. The minimum atomic E-state index is -0.190. The van der Waals surface area contributed by atoms with E-state index < -0.39 is 0 Å². The van der Waals surface area contributed by atoms with Crippen LogP contribution in [-0.2, 0) is 17.9 Å². The van der Waals surface area contributed by atoms with Gasteiger partial charge in [-0.25, -0.2) is 9.67 Å². The molecule has 0 spiro atoms. The SMILES string of the molecule is O=C(Cn1cncn1)NCc1nn[nH]n1. The van der Waals surface area contributed by atoms with Gasteiger partial charge in [-0.05, 0) is 0 Å². The topological polar surface area (TPSA) is 114 Å². The molecule has 9 heteroatoms. The first kappa shape index (κ1) is 9.24. The van der Waals surface area contributed by atoms with E-state index in [1.54, 1.807) is 0 Å². The molecule has 2 aromatic heterocycles. The lowest BCUT2D eigenvalue weighted by Crippen LogP contribution is -2.27. The Balaban J connectivity index is 1.78. The Labute approximate surface area is 83.9 Å². The zero-order chi connectivity index (χ0) is 10.5. The first-order valence-corrected chi connectivity index (χ1v) is 4.16. The molecule has 0 aliphatic rings.